The van der Waals surface area contributed by atoms with E-state index < -0.39 is 29.6 Å². The van der Waals surface area contributed by atoms with Crippen LogP contribution >= 0.6 is 11.6 Å². The lowest BCUT2D eigenvalue weighted by Gasteiger charge is -2.37. The van der Waals surface area contributed by atoms with Crippen LogP contribution in [-0.2, 0) is 16.0 Å². The van der Waals surface area contributed by atoms with Crippen LogP contribution in [0.3, 0.4) is 0 Å². The highest BCUT2D eigenvalue weighted by molar-refractivity contribution is 6.31. The van der Waals surface area contributed by atoms with Gasteiger partial charge in [0.05, 0.1) is 22.5 Å². The number of hydrogen-bond donors (Lipinski definition) is 4. The molecular weight excluding hydrogens is 577 g/mol. The van der Waals surface area contributed by atoms with Gasteiger partial charge in [0.25, 0.3) is 11.8 Å². The lowest BCUT2D eigenvalue weighted by molar-refractivity contribution is -0.136. The van der Waals surface area contributed by atoms with Crippen LogP contribution in [-0.4, -0.2) is 44.3 Å². The Labute approximate surface area is 250 Å². The predicted octanol–water partition coefficient (Wildman–Crippen LogP) is 3.88. The van der Waals surface area contributed by atoms with Crippen LogP contribution in [0.15, 0.2) is 91.3 Å². The molecule has 0 spiro atoms. The zero-order valence-electron chi connectivity index (χ0n) is 22.4. The van der Waals surface area contributed by atoms with Gasteiger partial charge in [-0.1, -0.05) is 35.9 Å². The van der Waals surface area contributed by atoms with Gasteiger partial charge >= 0.3 is 5.97 Å². The first kappa shape index (κ1) is 29.2. The molecule has 1 unspecified atom stereocenters. The molecule has 4 aromatic rings. The number of hydrogen-bond acceptors (Lipinski definition) is 8. The van der Waals surface area contributed by atoms with E-state index in [1.54, 1.807) is 24.5 Å². The zero-order valence-corrected chi connectivity index (χ0v) is 23.2. The highest BCUT2D eigenvalue weighted by Crippen LogP contribution is 2.37. The van der Waals surface area contributed by atoms with Gasteiger partial charge in [-0.25, -0.2) is 25.0 Å². The van der Waals surface area contributed by atoms with Crippen LogP contribution in [0.25, 0.3) is 11.1 Å². The summed E-state index contributed by atoms with van der Waals surface area (Å²) >= 11 is 5.86. The highest BCUT2D eigenvalue weighted by Gasteiger charge is 2.38. The normalized spacial score (nSPS) is 14.5. The number of carboxylic acids is 1. The maximum atomic E-state index is 14.5. The number of aromatic carboxylic acids is 1. The van der Waals surface area contributed by atoms with Crippen LogP contribution in [0.5, 0.6) is 0 Å². The van der Waals surface area contributed by atoms with Gasteiger partial charge < -0.3 is 21.1 Å². The fourth-order valence-corrected chi connectivity index (χ4v) is 5.09. The molecule has 6 N–H and O–H groups in total. The maximum Gasteiger partial charge on any atom is 0.335 e. The molecule has 13 heteroatoms. The molecule has 0 radical (unpaired) electrons. The van der Waals surface area contributed by atoms with Crippen LogP contribution in [0.4, 0.5) is 15.8 Å². The first-order valence-electron chi connectivity index (χ1n) is 12.9. The lowest BCUT2D eigenvalue weighted by atomic mass is 9.86. The smallest absolute Gasteiger partial charge is 0.335 e. The third kappa shape index (κ3) is 6.01. The lowest BCUT2D eigenvalue weighted by Crippen LogP contribution is -2.47. The van der Waals surface area contributed by atoms with Gasteiger partial charge in [-0.05, 0) is 59.5 Å². The van der Waals surface area contributed by atoms with E-state index >= 15 is 0 Å². The third-order valence-electron chi connectivity index (χ3n) is 6.94. The van der Waals surface area contributed by atoms with Crippen LogP contribution in [0, 0.1) is 5.82 Å². The van der Waals surface area contributed by atoms with E-state index in [1.807, 2.05) is 6.07 Å². The van der Waals surface area contributed by atoms with E-state index in [9.17, 15) is 23.9 Å². The fourth-order valence-electron chi connectivity index (χ4n) is 4.92. The number of carboxylic acid groups (broad SMARTS) is 1. The van der Waals surface area contributed by atoms with Gasteiger partial charge in [-0.3, -0.25) is 14.6 Å². The monoisotopic (exact) mass is 601 g/mol. The van der Waals surface area contributed by atoms with E-state index in [-0.39, 0.29) is 28.5 Å². The van der Waals surface area contributed by atoms with Crippen LogP contribution < -0.4 is 21.9 Å². The van der Waals surface area contributed by atoms with Gasteiger partial charge in [0.2, 0.25) is 0 Å². The Balaban J connectivity index is 1.52. The molecule has 2 amide bonds. The summed E-state index contributed by atoms with van der Waals surface area (Å²) < 4.78 is 14.5. The second-order valence-corrected chi connectivity index (χ2v) is 10.00. The molecule has 1 aromatic heterocycles. The average Bonchev–Trinajstić information content (AvgIpc) is 3.01. The Hall–Kier alpha value is -5.33. The van der Waals surface area contributed by atoms with Crippen molar-refractivity contribution < 1.29 is 23.9 Å². The second-order valence-electron chi connectivity index (χ2n) is 9.59. The standard InChI is InChI=1S/C30H25ClFN7O4/c31-23-5-2-6-25(26(23)32)39(34)15-24(33)29(41)38-12-11-21-20(18-13-35-16-36-14-18)3-1-4-22(21)27(38)28(40)37-19-9-7-17(8-10-19)30(42)43/h1-10,13-16,27H,11-12,33-34H2,(H,37,40)(H,42,43)/b24-15-. The van der Waals surface area contributed by atoms with Crippen molar-refractivity contribution >= 4 is 40.8 Å². The topological polar surface area (TPSA) is 168 Å². The van der Waals surface area contributed by atoms with Crippen molar-refractivity contribution in [2.75, 3.05) is 16.9 Å². The second kappa shape index (κ2) is 12.3. The summed E-state index contributed by atoms with van der Waals surface area (Å²) in [6.45, 7) is 0.108. The van der Waals surface area contributed by atoms with Crippen molar-refractivity contribution in [1.29, 1.82) is 0 Å². The summed E-state index contributed by atoms with van der Waals surface area (Å²) in [5, 5.41) is 12.7. The van der Waals surface area contributed by atoms with Gasteiger partial charge in [0.1, 0.15) is 18.1 Å². The number of rotatable bonds is 7. The van der Waals surface area contributed by atoms with Crippen molar-refractivity contribution in [3.05, 3.63) is 119 Å². The van der Waals surface area contributed by atoms with E-state index in [1.165, 1.54) is 53.7 Å². The van der Waals surface area contributed by atoms with Crippen molar-refractivity contribution in [3.8, 4) is 11.1 Å². The molecule has 3 aromatic carbocycles. The van der Waals surface area contributed by atoms with E-state index in [2.05, 4.69) is 15.3 Å². The molecule has 5 rings (SSSR count). The molecule has 0 aliphatic carbocycles. The number of aromatic nitrogens is 2. The Morgan fingerprint density at radius 2 is 1.77 bits per heavy atom. The van der Waals surface area contributed by atoms with E-state index in [0.29, 0.717) is 17.7 Å². The molecule has 0 fully saturated rings. The number of nitrogens with one attached hydrogen (secondary N) is 1. The first-order valence-corrected chi connectivity index (χ1v) is 13.3. The summed E-state index contributed by atoms with van der Waals surface area (Å²) in [5.74, 6) is 2.83. The molecule has 218 valence electrons. The van der Waals surface area contributed by atoms with Gasteiger partial charge in [-0.2, -0.15) is 0 Å². The molecule has 1 aliphatic rings. The van der Waals surface area contributed by atoms with E-state index in [0.717, 1.165) is 27.9 Å². The Kier molecular flexibility index (Phi) is 8.32. The van der Waals surface area contributed by atoms with Crippen molar-refractivity contribution in [3.63, 3.8) is 0 Å². The summed E-state index contributed by atoms with van der Waals surface area (Å²) in [7, 11) is 0. The third-order valence-corrected chi connectivity index (χ3v) is 7.23. The molecule has 11 nitrogen and oxygen atoms in total. The Morgan fingerprint density at radius 3 is 2.47 bits per heavy atom. The quantitative estimate of drug-likeness (QED) is 0.140. The summed E-state index contributed by atoms with van der Waals surface area (Å²) in [6, 6.07) is 14.1. The van der Waals surface area contributed by atoms with Crippen molar-refractivity contribution in [2.24, 2.45) is 11.6 Å². The molecule has 0 saturated heterocycles. The maximum absolute atomic E-state index is 14.5. The van der Waals surface area contributed by atoms with Gasteiger partial charge in [-0.15, -0.1) is 0 Å². The minimum absolute atomic E-state index is 0.0490. The molecule has 0 saturated carbocycles. The van der Waals surface area contributed by atoms with Crippen LogP contribution in [0.2, 0.25) is 5.02 Å². The number of nitrogens with two attached hydrogens (primary N) is 2. The number of fused-ring (bicyclic) bond motifs is 1. The number of carbonyl (C=O) groups is 3. The number of hydrazine groups is 1. The summed E-state index contributed by atoms with van der Waals surface area (Å²) in [4.78, 5) is 48.3. The molecular formula is C30H25ClFN7O4. The number of nitrogens with zero attached hydrogens (tertiary/aromatic N) is 4. The number of halogens is 2. The minimum Gasteiger partial charge on any atom is -0.478 e. The predicted molar refractivity (Wildman–Crippen MR) is 158 cm³/mol. The first-order chi connectivity index (χ1) is 20.7. The summed E-state index contributed by atoms with van der Waals surface area (Å²) in [6.07, 6.45) is 6.17. The Morgan fingerprint density at radius 1 is 1.07 bits per heavy atom. The number of carbonyl (C=O) groups excluding carboxylic acids is 2. The largest absolute Gasteiger partial charge is 0.478 e. The molecule has 2 heterocycles. The van der Waals surface area contributed by atoms with Gasteiger partial charge in [0, 0.05) is 30.2 Å². The number of benzene rings is 3. The van der Waals surface area contributed by atoms with Gasteiger partial charge in [0.15, 0.2) is 5.82 Å². The SMILES string of the molecule is N/C(=C\N(N)c1cccc(Cl)c1F)C(=O)N1CCc2c(-c3cncnc3)cccc2C1C(=O)Nc1ccc(C(=O)O)cc1. The number of anilines is 2. The molecule has 1 atom stereocenters. The molecule has 0 bridgehead atoms. The molecule has 43 heavy (non-hydrogen) atoms. The summed E-state index contributed by atoms with van der Waals surface area (Å²) in [5.41, 5.74) is 9.01. The Bertz CT molecular complexity index is 1730. The van der Waals surface area contributed by atoms with Crippen LogP contribution in [0.1, 0.15) is 27.5 Å². The molecule has 1 aliphatic heterocycles. The van der Waals surface area contributed by atoms with Crippen molar-refractivity contribution in [1.82, 2.24) is 14.9 Å². The highest BCUT2D eigenvalue weighted by atomic mass is 35.5. The average molecular weight is 602 g/mol. The van der Waals surface area contributed by atoms with Crippen molar-refractivity contribution in [2.45, 2.75) is 12.5 Å². The minimum atomic E-state index is -1.14. The number of amides is 2. The fraction of sp³-hybridized carbons (Fsp3) is 0.100. The zero-order chi connectivity index (χ0) is 30.7. The van der Waals surface area contributed by atoms with E-state index in [4.69, 9.17) is 23.2 Å².